The minimum absolute atomic E-state index is 0. The Morgan fingerprint density at radius 1 is 1.12 bits per heavy atom. The van der Waals surface area contributed by atoms with E-state index in [2.05, 4.69) is 21.7 Å². The van der Waals surface area contributed by atoms with E-state index in [1.807, 2.05) is 42.5 Å². The van der Waals surface area contributed by atoms with Crippen molar-refractivity contribution in [3.05, 3.63) is 64.7 Å². The van der Waals surface area contributed by atoms with Gasteiger partial charge in [-0.3, -0.25) is 4.99 Å². The van der Waals surface area contributed by atoms with E-state index >= 15 is 0 Å². The van der Waals surface area contributed by atoms with Crippen molar-refractivity contribution in [3.8, 4) is 5.75 Å². The quantitative estimate of drug-likeness (QED) is 0.392. The summed E-state index contributed by atoms with van der Waals surface area (Å²) in [6.07, 6.45) is 0.885. The zero-order valence-corrected chi connectivity index (χ0v) is 17.0. The molecule has 6 heteroatoms. The Morgan fingerprint density at radius 2 is 1.92 bits per heavy atom. The fraction of sp³-hybridized carbons (Fsp3) is 0.278. The number of ether oxygens (including phenoxy) is 1. The van der Waals surface area contributed by atoms with Crippen LogP contribution in [0.15, 0.2) is 53.5 Å². The normalized spacial score (nSPS) is 10.7. The van der Waals surface area contributed by atoms with Gasteiger partial charge in [-0.25, -0.2) is 0 Å². The van der Waals surface area contributed by atoms with Gasteiger partial charge in [0, 0.05) is 30.7 Å². The van der Waals surface area contributed by atoms with Crippen molar-refractivity contribution in [2.24, 2.45) is 4.99 Å². The van der Waals surface area contributed by atoms with Crippen molar-refractivity contribution in [2.75, 3.05) is 20.7 Å². The third-order valence-corrected chi connectivity index (χ3v) is 3.69. The van der Waals surface area contributed by atoms with Crippen molar-refractivity contribution < 1.29 is 4.74 Å². The van der Waals surface area contributed by atoms with E-state index in [9.17, 15) is 0 Å². The first-order valence-corrected chi connectivity index (χ1v) is 7.91. The molecule has 0 amide bonds. The molecule has 0 aliphatic rings. The van der Waals surface area contributed by atoms with E-state index in [0.29, 0.717) is 6.54 Å². The van der Waals surface area contributed by atoms with Gasteiger partial charge in [-0.15, -0.1) is 24.0 Å². The maximum Gasteiger partial charge on any atom is 0.191 e. The fourth-order valence-corrected chi connectivity index (χ4v) is 2.48. The van der Waals surface area contributed by atoms with E-state index in [0.717, 1.165) is 35.3 Å². The summed E-state index contributed by atoms with van der Waals surface area (Å²) in [4.78, 5) is 4.23. The molecule has 2 aromatic carbocycles. The van der Waals surface area contributed by atoms with Crippen molar-refractivity contribution >= 4 is 41.5 Å². The van der Waals surface area contributed by atoms with Crippen LogP contribution >= 0.6 is 35.6 Å². The minimum Gasteiger partial charge on any atom is -0.496 e. The maximum absolute atomic E-state index is 5.99. The maximum atomic E-state index is 5.99. The molecule has 2 rings (SSSR count). The van der Waals surface area contributed by atoms with Gasteiger partial charge in [-0.2, -0.15) is 0 Å². The SMILES string of the molecule is CN=C(NCCc1cccc(Cl)c1)NCc1ccccc1OC.I. The van der Waals surface area contributed by atoms with E-state index < -0.39 is 0 Å². The Balaban J connectivity index is 0.00000288. The Labute approximate surface area is 165 Å². The van der Waals surface area contributed by atoms with Crippen molar-refractivity contribution in [3.63, 3.8) is 0 Å². The summed E-state index contributed by atoms with van der Waals surface area (Å²) >= 11 is 5.99. The number of nitrogens with zero attached hydrogens (tertiary/aromatic N) is 1. The van der Waals surface area contributed by atoms with Gasteiger partial charge < -0.3 is 15.4 Å². The molecule has 2 aromatic rings. The molecule has 0 radical (unpaired) electrons. The second-order valence-electron chi connectivity index (χ2n) is 5.04. The molecular formula is C18H23ClIN3O. The molecule has 0 aromatic heterocycles. The second kappa shape index (κ2) is 11.1. The second-order valence-corrected chi connectivity index (χ2v) is 5.48. The number of nitrogens with one attached hydrogen (secondary N) is 2. The molecular weight excluding hydrogens is 437 g/mol. The third kappa shape index (κ3) is 6.57. The lowest BCUT2D eigenvalue weighted by molar-refractivity contribution is 0.409. The molecule has 0 saturated carbocycles. The van der Waals surface area contributed by atoms with Crippen LogP contribution in [-0.2, 0) is 13.0 Å². The number of methoxy groups -OCH3 is 1. The van der Waals surface area contributed by atoms with Crippen LogP contribution in [0, 0.1) is 0 Å². The number of rotatable bonds is 6. The Morgan fingerprint density at radius 3 is 2.62 bits per heavy atom. The average molecular weight is 460 g/mol. The smallest absolute Gasteiger partial charge is 0.191 e. The first kappa shape index (κ1) is 20.6. The van der Waals surface area contributed by atoms with Gasteiger partial charge >= 0.3 is 0 Å². The van der Waals surface area contributed by atoms with E-state index in [-0.39, 0.29) is 24.0 Å². The highest BCUT2D eigenvalue weighted by Crippen LogP contribution is 2.16. The first-order chi connectivity index (χ1) is 11.2. The highest BCUT2D eigenvalue weighted by Gasteiger charge is 2.03. The number of hydrogen-bond donors (Lipinski definition) is 2. The molecule has 130 valence electrons. The van der Waals surface area contributed by atoms with Crippen LogP contribution in [0.4, 0.5) is 0 Å². The highest BCUT2D eigenvalue weighted by atomic mass is 127. The standard InChI is InChI=1S/C18H22ClN3O.HI/c1-20-18(21-11-10-14-6-5-8-16(19)12-14)22-13-15-7-3-4-9-17(15)23-2;/h3-9,12H,10-11,13H2,1-2H3,(H2,20,21,22);1H. The van der Waals surface area contributed by atoms with Crippen LogP contribution in [0.25, 0.3) is 0 Å². The lowest BCUT2D eigenvalue weighted by Gasteiger charge is -2.13. The average Bonchev–Trinajstić information content (AvgIpc) is 2.58. The molecule has 0 fully saturated rings. The summed E-state index contributed by atoms with van der Waals surface area (Å²) in [5.41, 5.74) is 2.29. The van der Waals surface area contributed by atoms with Gasteiger partial charge in [0.05, 0.1) is 7.11 Å². The third-order valence-electron chi connectivity index (χ3n) is 3.46. The molecule has 0 bridgehead atoms. The van der Waals surface area contributed by atoms with Crippen LogP contribution in [0.3, 0.4) is 0 Å². The van der Waals surface area contributed by atoms with E-state index in [1.165, 1.54) is 5.56 Å². The van der Waals surface area contributed by atoms with Gasteiger partial charge in [0.1, 0.15) is 5.75 Å². The number of para-hydroxylation sites is 1. The topological polar surface area (TPSA) is 45.7 Å². The fourth-order valence-electron chi connectivity index (χ4n) is 2.27. The summed E-state index contributed by atoms with van der Waals surface area (Å²) in [5.74, 6) is 1.63. The van der Waals surface area contributed by atoms with Crippen LogP contribution in [0.2, 0.25) is 5.02 Å². The lowest BCUT2D eigenvalue weighted by Crippen LogP contribution is -2.37. The van der Waals surface area contributed by atoms with Crippen molar-refractivity contribution in [1.82, 2.24) is 10.6 Å². The first-order valence-electron chi connectivity index (χ1n) is 7.54. The predicted octanol–water partition coefficient (Wildman–Crippen LogP) is 3.87. The number of halogens is 2. The lowest BCUT2D eigenvalue weighted by atomic mass is 10.1. The van der Waals surface area contributed by atoms with Gasteiger partial charge in [-0.05, 0) is 30.2 Å². The molecule has 0 aliphatic carbocycles. The van der Waals surface area contributed by atoms with Crippen molar-refractivity contribution in [2.45, 2.75) is 13.0 Å². The molecule has 0 saturated heterocycles. The van der Waals surface area contributed by atoms with E-state index in [1.54, 1.807) is 14.2 Å². The van der Waals surface area contributed by atoms with Crippen LogP contribution in [0.5, 0.6) is 5.75 Å². The molecule has 0 aliphatic heterocycles. The summed E-state index contributed by atoms with van der Waals surface area (Å²) in [6, 6.07) is 15.8. The summed E-state index contributed by atoms with van der Waals surface area (Å²) in [6.45, 7) is 1.44. The molecule has 4 nitrogen and oxygen atoms in total. The van der Waals surface area contributed by atoms with Crippen molar-refractivity contribution in [1.29, 1.82) is 0 Å². The number of guanidine groups is 1. The monoisotopic (exact) mass is 459 g/mol. The number of aliphatic imine (C=N–C) groups is 1. The zero-order chi connectivity index (χ0) is 16.5. The number of hydrogen-bond acceptors (Lipinski definition) is 2. The molecule has 2 N–H and O–H groups in total. The minimum atomic E-state index is 0. The van der Waals surface area contributed by atoms with Gasteiger partial charge in [-0.1, -0.05) is 41.9 Å². The summed E-state index contributed by atoms with van der Waals surface area (Å²) in [5, 5.41) is 7.36. The zero-order valence-electron chi connectivity index (χ0n) is 13.9. The van der Waals surface area contributed by atoms with Gasteiger partial charge in [0.15, 0.2) is 5.96 Å². The number of benzene rings is 2. The van der Waals surface area contributed by atoms with Gasteiger partial charge in [0.25, 0.3) is 0 Å². The largest absolute Gasteiger partial charge is 0.496 e. The Bertz CT molecular complexity index is 664. The van der Waals surface area contributed by atoms with E-state index in [4.69, 9.17) is 16.3 Å². The van der Waals surface area contributed by atoms with Crippen LogP contribution in [-0.4, -0.2) is 26.7 Å². The highest BCUT2D eigenvalue weighted by molar-refractivity contribution is 14.0. The molecule has 0 heterocycles. The molecule has 0 atom stereocenters. The predicted molar refractivity (Wildman–Crippen MR) is 112 cm³/mol. The Hall–Kier alpha value is -1.47. The summed E-state index contributed by atoms with van der Waals surface area (Å²) < 4.78 is 5.35. The Kier molecular flexibility index (Phi) is 9.56. The van der Waals surface area contributed by atoms with Crippen LogP contribution < -0.4 is 15.4 Å². The molecule has 0 spiro atoms. The summed E-state index contributed by atoms with van der Waals surface area (Å²) in [7, 11) is 3.44. The van der Waals surface area contributed by atoms with Crippen LogP contribution in [0.1, 0.15) is 11.1 Å². The molecule has 0 unspecified atom stereocenters. The van der Waals surface area contributed by atoms with Gasteiger partial charge in [0.2, 0.25) is 0 Å². The molecule has 24 heavy (non-hydrogen) atoms.